The van der Waals surface area contributed by atoms with Crippen molar-refractivity contribution in [3.05, 3.63) is 48.9 Å². The van der Waals surface area contributed by atoms with Crippen LogP contribution in [0.15, 0.2) is 12.3 Å². The lowest BCUT2D eigenvalue weighted by molar-refractivity contribution is 0.571. The topological polar surface area (TPSA) is 36.7 Å². The van der Waals surface area contributed by atoms with Crippen molar-refractivity contribution < 1.29 is 4.39 Å². The van der Waals surface area contributed by atoms with Gasteiger partial charge in [-0.25, -0.2) is 4.98 Å². The summed E-state index contributed by atoms with van der Waals surface area (Å²) in [5.41, 5.74) is 0.783. The van der Waals surface area contributed by atoms with Gasteiger partial charge in [0.15, 0.2) is 0 Å². The highest BCUT2D eigenvalue weighted by Gasteiger charge is 2.21. The summed E-state index contributed by atoms with van der Waals surface area (Å²) in [4.78, 5) is 3.58. The number of nitriles is 1. The van der Waals surface area contributed by atoms with Gasteiger partial charge in [-0.2, -0.15) is 9.65 Å². The number of pyridine rings is 1. The minimum atomic E-state index is -0.737. The van der Waals surface area contributed by atoms with Gasteiger partial charge < -0.3 is 0 Å². The zero-order chi connectivity index (χ0) is 15.7. The number of nitrogens with zero attached hydrogens (tertiary/aromatic N) is 2. The lowest BCUT2D eigenvalue weighted by atomic mass is 10.0. The molecule has 2 aromatic rings. The van der Waals surface area contributed by atoms with Crippen molar-refractivity contribution in [3.63, 3.8) is 0 Å². The first-order valence-corrected chi connectivity index (χ1v) is 7.30. The van der Waals surface area contributed by atoms with Crippen molar-refractivity contribution in [2.24, 2.45) is 0 Å². The molecule has 0 atom stereocenters. The van der Waals surface area contributed by atoms with Crippen molar-refractivity contribution in [1.29, 1.82) is 5.26 Å². The number of aromatic nitrogens is 1. The average Bonchev–Trinajstić information content (AvgIpc) is 2.47. The first kappa shape index (κ1) is 16.6. The van der Waals surface area contributed by atoms with Crippen molar-refractivity contribution in [2.45, 2.75) is 6.42 Å². The Morgan fingerprint density at radius 2 is 1.52 bits per heavy atom. The summed E-state index contributed by atoms with van der Waals surface area (Å²) in [6, 6.07) is 3.26. The van der Waals surface area contributed by atoms with Crippen LogP contribution in [0.1, 0.15) is 5.56 Å². The Labute approximate surface area is 145 Å². The molecular weight excluding hydrogens is 380 g/mol. The van der Waals surface area contributed by atoms with Gasteiger partial charge in [-0.1, -0.05) is 58.0 Å². The molecule has 0 fully saturated rings. The Bertz CT molecular complexity index is 741. The lowest BCUT2D eigenvalue weighted by Crippen LogP contribution is -1.95. The predicted molar refractivity (Wildman–Crippen MR) is 84.0 cm³/mol. The second kappa shape index (κ2) is 6.56. The molecule has 0 aliphatic rings. The average molecular weight is 384 g/mol. The van der Waals surface area contributed by atoms with Gasteiger partial charge in [0.2, 0.25) is 5.95 Å². The molecule has 108 valence electrons. The van der Waals surface area contributed by atoms with Gasteiger partial charge in [0.1, 0.15) is 0 Å². The molecule has 0 amide bonds. The number of rotatable bonds is 2. The van der Waals surface area contributed by atoms with Crippen LogP contribution in [-0.2, 0) is 6.42 Å². The number of hydrogen-bond acceptors (Lipinski definition) is 2. The van der Waals surface area contributed by atoms with E-state index in [-0.39, 0.29) is 42.7 Å². The van der Waals surface area contributed by atoms with Crippen molar-refractivity contribution in [3.8, 4) is 17.2 Å². The molecule has 0 saturated carbocycles. The van der Waals surface area contributed by atoms with Gasteiger partial charge in [0.05, 0.1) is 37.6 Å². The Morgan fingerprint density at radius 1 is 1.00 bits per heavy atom. The van der Waals surface area contributed by atoms with Crippen LogP contribution in [-0.4, -0.2) is 4.98 Å². The van der Waals surface area contributed by atoms with Crippen molar-refractivity contribution in [2.75, 3.05) is 0 Å². The van der Waals surface area contributed by atoms with E-state index < -0.39 is 5.95 Å². The molecule has 2 rings (SSSR count). The maximum Gasteiger partial charge on any atom is 0.217 e. The molecule has 0 spiro atoms. The molecular formula is C13H4Cl5FN2. The largest absolute Gasteiger partial charge is 0.227 e. The van der Waals surface area contributed by atoms with Crippen LogP contribution in [0.25, 0.3) is 11.1 Å². The van der Waals surface area contributed by atoms with Crippen LogP contribution >= 0.6 is 58.0 Å². The predicted octanol–water partition coefficient (Wildman–Crippen LogP) is 6.22. The molecule has 8 heteroatoms. The molecule has 1 heterocycles. The van der Waals surface area contributed by atoms with Crippen LogP contribution in [0.3, 0.4) is 0 Å². The molecule has 0 N–H and O–H groups in total. The summed E-state index contributed by atoms with van der Waals surface area (Å²) in [6.45, 7) is 0. The van der Waals surface area contributed by atoms with Gasteiger partial charge in [-0.15, -0.1) is 0 Å². The van der Waals surface area contributed by atoms with Crippen LogP contribution < -0.4 is 0 Å². The SMILES string of the molecule is N#CCc1cc(-c2c(Cl)c(Cl)c(Cl)c(Cl)c2Cl)cnc1F. The van der Waals surface area contributed by atoms with Gasteiger partial charge >= 0.3 is 0 Å². The maximum absolute atomic E-state index is 13.5. The van der Waals surface area contributed by atoms with Crippen molar-refractivity contribution >= 4 is 58.0 Å². The van der Waals surface area contributed by atoms with E-state index in [1.54, 1.807) is 0 Å². The highest BCUT2D eigenvalue weighted by molar-refractivity contribution is 6.56. The molecule has 0 aliphatic carbocycles. The second-order valence-electron chi connectivity index (χ2n) is 3.95. The molecule has 0 aliphatic heterocycles. The van der Waals surface area contributed by atoms with E-state index in [1.807, 2.05) is 6.07 Å². The van der Waals surface area contributed by atoms with E-state index in [9.17, 15) is 4.39 Å². The van der Waals surface area contributed by atoms with Crippen LogP contribution in [0.5, 0.6) is 0 Å². The molecule has 0 saturated heterocycles. The van der Waals surface area contributed by atoms with E-state index in [0.717, 1.165) is 0 Å². The Morgan fingerprint density at radius 3 is 2.05 bits per heavy atom. The monoisotopic (exact) mass is 382 g/mol. The smallest absolute Gasteiger partial charge is 0.217 e. The van der Waals surface area contributed by atoms with Gasteiger partial charge in [-0.05, 0) is 6.07 Å². The highest BCUT2D eigenvalue weighted by atomic mass is 35.5. The summed E-state index contributed by atoms with van der Waals surface area (Å²) in [7, 11) is 0. The Balaban J connectivity index is 2.74. The third kappa shape index (κ3) is 3.06. The standard InChI is InChI=1S/C13H4Cl5FN2/c14-8-7(9(15)11(17)12(18)10(8)16)6-3-5(1-2-20)13(19)21-4-6/h3-4H,1H2. The molecule has 21 heavy (non-hydrogen) atoms. The van der Waals surface area contributed by atoms with Gasteiger partial charge in [0, 0.05) is 22.9 Å². The second-order valence-corrected chi connectivity index (χ2v) is 5.84. The van der Waals surface area contributed by atoms with E-state index in [4.69, 9.17) is 63.3 Å². The fourth-order valence-electron chi connectivity index (χ4n) is 1.70. The number of halogens is 6. The highest BCUT2D eigenvalue weighted by Crippen LogP contribution is 2.48. The van der Waals surface area contributed by atoms with Crippen LogP contribution in [0, 0.1) is 17.3 Å². The molecule has 1 aromatic heterocycles. The minimum Gasteiger partial charge on any atom is -0.227 e. The van der Waals surface area contributed by atoms with E-state index in [0.29, 0.717) is 5.56 Å². The fraction of sp³-hybridized carbons (Fsp3) is 0.0769. The summed E-state index contributed by atoms with van der Waals surface area (Å²) in [6.07, 6.45) is 1.08. The van der Waals surface area contributed by atoms with E-state index in [2.05, 4.69) is 4.98 Å². The maximum atomic E-state index is 13.5. The molecule has 0 radical (unpaired) electrons. The summed E-state index contributed by atoms with van der Waals surface area (Å²) < 4.78 is 13.5. The van der Waals surface area contributed by atoms with Crippen LogP contribution in [0.4, 0.5) is 4.39 Å². The molecule has 1 aromatic carbocycles. The van der Waals surface area contributed by atoms with E-state index in [1.165, 1.54) is 12.3 Å². The third-order valence-corrected chi connectivity index (χ3v) is 4.96. The lowest BCUT2D eigenvalue weighted by Gasteiger charge is -2.13. The van der Waals surface area contributed by atoms with Crippen molar-refractivity contribution in [1.82, 2.24) is 4.98 Å². The molecule has 2 nitrogen and oxygen atoms in total. The zero-order valence-electron chi connectivity index (χ0n) is 10.0. The fourth-order valence-corrected chi connectivity index (χ4v) is 3.05. The number of benzene rings is 1. The minimum absolute atomic E-state index is 0.0319. The summed E-state index contributed by atoms with van der Waals surface area (Å²) in [5, 5.41) is 8.94. The zero-order valence-corrected chi connectivity index (χ0v) is 13.8. The number of hydrogen-bond donors (Lipinski definition) is 0. The molecule has 0 unspecified atom stereocenters. The van der Waals surface area contributed by atoms with Crippen LogP contribution in [0.2, 0.25) is 25.1 Å². The Kier molecular flexibility index (Phi) is 5.19. The normalized spacial score (nSPS) is 10.5. The first-order valence-electron chi connectivity index (χ1n) is 5.41. The molecule has 0 bridgehead atoms. The Hall–Kier alpha value is -0.760. The summed E-state index contributed by atoms with van der Waals surface area (Å²) >= 11 is 30.1. The quantitative estimate of drug-likeness (QED) is 0.350. The summed E-state index contributed by atoms with van der Waals surface area (Å²) in [5.74, 6) is -0.737. The van der Waals surface area contributed by atoms with Gasteiger partial charge in [0.25, 0.3) is 0 Å². The third-order valence-electron chi connectivity index (χ3n) is 2.68. The first-order chi connectivity index (χ1) is 9.88. The van der Waals surface area contributed by atoms with E-state index >= 15 is 0 Å². The van der Waals surface area contributed by atoms with Gasteiger partial charge in [-0.3, -0.25) is 0 Å².